The summed E-state index contributed by atoms with van der Waals surface area (Å²) in [4.78, 5) is 38.9. The molecule has 0 aliphatic heterocycles. The van der Waals surface area contributed by atoms with Crippen LogP contribution in [0.4, 0.5) is 4.79 Å². The maximum Gasteiger partial charge on any atom is 0.408 e. The van der Waals surface area contributed by atoms with Gasteiger partial charge in [-0.2, -0.15) is 0 Å². The second kappa shape index (κ2) is 8.11. The van der Waals surface area contributed by atoms with Crippen LogP contribution in [0.15, 0.2) is 30.5 Å². The van der Waals surface area contributed by atoms with Gasteiger partial charge < -0.3 is 25.5 Å². The van der Waals surface area contributed by atoms with Gasteiger partial charge in [0.15, 0.2) is 0 Å². The topological polar surface area (TPSA) is 121 Å². The summed E-state index contributed by atoms with van der Waals surface area (Å²) in [6.45, 7) is 6.51. The molecule has 1 aromatic carbocycles. The second-order valence-corrected chi connectivity index (χ2v) is 7.33. The number of benzene rings is 1. The molecular weight excluding hydrogens is 350 g/mol. The van der Waals surface area contributed by atoms with Gasteiger partial charge in [0.05, 0.1) is 0 Å². The van der Waals surface area contributed by atoms with Gasteiger partial charge >= 0.3 is 12.1 Å². The van der Waals surface area contributed by atoms with E-state index in [1.165, 1.54) is 6.92 Å². The van der Waals surface area contributed by atoms with Gasteiger partial charge in [0.2, 0.25) is 5.91 Å². The Morgan fingerprint density at radius 2 is 1.85 bits per heavy atom. The number of hydrogen-bond donors (Lipinski definition) is 4. The van der Waals surface area contributed by atoms with Crippen LogP contribution in [0.1, 0.15) is 33.3 Å². The summed E-state index contributed by atoms with van der Waals surface area (Å²) in [6.07, 6.45) is 1.20. The number of para-hydroxylation sites is 1. The first kappa shape index (κ1) is 20.3. The molecule has 0 aliphatic rings. The van der Waals surface area contributed by atoms with E-state index in [1.807, 2.05) is 24.3 Å². The molecule has 27 heavy (non-hydrogen) atoms. The third-order valence-electron chi connectivity index (χ3n) is 3.84. The number of H-pyrrole nitrogens is 1. The monoisotopic (exact) mass is 375 g/mol. The lowest BCUT2D eigenvalue weighted by Crippen LogP contribution is -2.52. The molecule has 2 rings (SSSR count). The molecule has 2 amide bonds. The maximum absolute atomic E-state index is 12.6. The summed E-state index contributed by atoms with van der Waals surface area (Å²) in [5.41, 5.74) is 1.01. The first-order valence-corrected chi connectivity index (χ1v) is 8.64. The van der Waals surface area contributed by atoms with Crippen LogP contribution in [-0.4, -0.2) is 45.7 Å². The number of carboxylic acid groups (broad SMARTS) is 1. The zero-order chi connectivity index (χ0) is 20.2. The van der Waals surface area contributed by atoms with Gasteiger partial charge in [-0.3, -0.25) is 9.59 Å². The van der Waals surface area contributed by atoms with Crippen molar-refractivity contribution in [3.63, 3.8) is 0 Å². The Bertz CT molecular complexity index is 837. The molecule has 0 bridgehead atoms. The number of nitrogens with one attached hydrogen (secondary N) is 3. The zero-order valence-electron chi connectivity index (χ0n) is 15.8. The number of carbonyl (C=O) groups excluding carboxylic acids is 2. The number of fused-ring (bicyclic) bond motifs is 1. The van der Waals surface area contributed by atoms with E-state index in [0.29, 0.717) is 0 Å². The average Bonchev–Trinajstić information content (AvgIpc) is 2.95. The third kappa shape index (κ3) is 5.73. The molecule has 1 heterocycles. The van der Waals surface area contributed by atoms with E-state index in [4.69, 9.17) is 9.84 Å². The van der Waals surface area contributed by atoms with Crippen molar-refractivity contribution in [2.45, 2.75) is 51.8 Å². The van der Waals surface area contributed by atoms with Crippen LogP contribution in [-0.2, 0) is 20.7 Å². The van der Waals surface area contributed by atoms with Crippen LogP contribution in [0.5, 0.6) is 0 Å². The minimum atomic E-state index is -1.16. The van der Waals surface area contributed by atoms with Crippen molar-refractivity contribution in [2.75, 3.05) is 0 Å². The average molecular weight is 375 g/mol. The normalized spacial score (nSPS) is 13.6. The van der Waals surface area contributed by atoms with Gasteiger partial charge in [-0.1, -0.05) is 18.2 Å². The molecule has 4 N–H and O–H groups in total. The highest BCUT2D eigenvalue weighted by atomic mass is 16.6. The summed E-state index contributed by atoms with van der Waals surface area (Å²) in [5.74, 6) is -1.76. The molecule has 0 saturated heterocycles. The van der Waals surface area contributed by atoms with Gasteiger partial charge in [0.1, 0.15) is 17.7 Å². The Morgan fingerprint density at radius 3 is 2.48 bits per heavy atom. The molecule has 0 aliphatic carbocycles. The van der Waals surface area contributed by atoms with Crippen molar-refractivity contribution in [1.29, 1.82) is 0 Å². The lowest BCUT2D eigenvalue weighted by molar-refractivity contribution is -0.141. The predicted octanol–water partition coefficient (Wildman–Crippen LogP) is 2.19. The molecule has 8 nitrogen and oxygen atoms in total. The van der Waals surface area contributed by atoms with Gasteiger partial charge in [0, 0.05) is 23.5 Å². The Morgan fingerprint density at radius 1 is 1.19 bits per heavy atom. The minimum absolute atomic E-state index is 0.182. The Kier molecular flexibility index (Phi) is 6.09. The molecule has 146 valence electrons. The number of alkyl carbamates (subject to hydrolysis) is 1. The quantitative estimate of drug-likeness (QED) is 0.617. The molecule has 8 heteroatoms. The smallest absolute Gasteiger partial charge is 0.408 e. The second-order valence-electron chi connectivity index (χ2n) is 7.33. The van der Waals surface area contributed by atoms with Gasteiger partial charge in [-0.05, 0) is 39.3 Å². The van der Waals surface area contributed by atoms with Crippen LogP contribution in [0, 0.1) is 0 Å². The molecule has 2 atom stereocenters. The van der Waals surface area contributed by atoms with Crippen molar-refractivity contribution in [2.24, 2.45) is 0 Å². The Balaban J connectivity index is 2.21. The van der Waals surface area contributed by atoms with E-state index in [1.54, 1.807) is 27.0 Å². The highest BCUT2D eigenvalue weighted by Gasteiger charge is 2.27. The molecule has 0 radical (unpaired) electrons. The standard InChI is InChI=1S/C19H25N3O5/c1-11(17(24)25)21-16(23)15(22-18(26)27-19(2,3)4)9-12-10-20-14-8-6-5-7-13(12)14/h5-8,10-11,15,20H,9H2,1-4H3,(H,21,23)(H,22,26)(H,24,25)/t11-,15+/m1/s1. The Labute approximate surface area is 157 Å². The summed E-state index contributed by atoms with van der Waals surface area (Å²) < 4.78 is 5.22. The minimum Gasteiger partial charge on any atom is -0.480 e. The number of hydrogen-bond acceptors (Lipinski definition) is 4. The predicted molar refractivity (Wildman–Crippen MR) is 100 cm³/mol. The summed E-state index contributed by atoms with van der Waals surface area (Å²) in [6, 6.07) is 5.51. The van der Waals surface area contributed by atoms with E-state index >= 15 is 0 Å². The number of aromatic amines is 1. The van der Waals surface area contributed by atoms with Crippen LogP contribution >= 0.6 is 0 Å². The highest BCUT2D eigenvalue weighted by Crippen LogP contribution is 2.19. The van der Waals surface area contributed by atoms with Crippen LogP contribution in [0.2, 0.25) is 0 Å². The lowest BCUT2D eigenvalue weighted by atomic mass is 10.0. The van der Waals surface area contributed by atoms with Crippen molar-refractivity contribution >= 4 is 28.9 Å². The first-order chi connectivity index (χ1) is 12.6. The molecular formula is C19H25N3O5. The molecule has 2 aromatic rings. The zero-order valence-corrected chi connectivity index (χ0v) is 15.8. The largest absolute Gasteiger partial charge is 0.480 e. The van der Waals surface area contributed by atoms with Gasteiger partial charge in [-0.15, -0.1) is 0 Å². The Hall–Kier alpha value is -3.03. The van der Waals surface area contributed by atoms with Crippen LogP contribution in [0.3, 0.4) is 0 Å². The first-order valence-electron chi connectivity index (χ1n) is 8.64. The number of amides is 2. The fraction of sp³-hybridized carbons (Fsp3) is 0.421. The number of ether oxygens (including phenoxy) is 1. The molecule has 0 unspecified atom stereocenters. The molecule has 1 aromatic heterocycles. The number of carboxylic acids is 1. The fourth-order valence-corrected chi connectivity index (χ4v) is 2.56. The highest BCUT2D eigenvalue weighted by molar-refractivity contribution is 5.90. The van der Waals surface area contributed by atoms with Gasteiger partial charge in [-0.25, -0.2) is 4.79 Å². The summed E-state index contributed by atoms with van der Waals surface area (Å²) in [5, 5.41) is 14.9. The number of aromatic nitrogens is 1. The van der Waals surface area contributed by atoms with E-state index < -0.39 is 35.7 Å². The van der Waals surface area contributed by atoms with Crippen molar-refractivity contribution in [3.8, 4) is 0 Å². The number of rotatable bonds is 6. The summed E-state index contributed by atoms with van der Waals surface area (Å²) >= 11 is 0. The van der Waals surface area contributed by atoms with E-state index in [0.717, 1.165) is 16.5 Å². The lowest BCUT2D eigenvalue weighted by Gasteiger charge is -2.24. The SMILES string of the molecule is C[C@@H](NC(=O)[C@H](Cc1c[nH]c2ccccc12)NC(=O)OC(C)(C)C)C(=O)O. The van der Waals surface area contributed by atoms with Crippen LogP contribution in [0.25, 0.3) is 10.9 Å². The third-order valence-corrected chi connectivity index (χ3v) is 3.84. The molecule has 0 fully saturated rings. The fourth-order valence-electron chi connectivity index (χ4n) is 2.56. The molecule has 0 spiro atoms. The molecule has 0 saturated carbocycles. The number of aliphatic carboxylic acids is 1. The van der Waals surface area contributed by atoms with E-state index in [9.17, 15) is 14.4 Å². The van der Waals surface area contributed by atoms with Crippen LogP contribution < -0.4 is 10.6 Å². The van der Waals surface area contributed by atoms with Crippen molar-refractivity contribution in [1.82, 2.24) is 15.6 Å². The van der Waals surface area contributed by atoms with E-state index in [-0.39, 0.29) is 6.42 Å². The number of carbonyl (C=O) groups is 3. The summed E-state index contributed by atoms with van der Waals surface area (Å²) in [7, 11) is 0. The van der Waals surface area contributed by atoms with Gasteiger partial charge in [0.25, 0.3) is 0 Å². The van der Waals surface area contributed by atoms with Crippen molar-refractivity contribution < 1.29 is 24.2 Å². The maximum atomic E-state index is 12.6. The van der Waals surface area contributed by atoms with E-state index in [2.05, 4.69) is 15.6 Å². The van der Waals surface area contributed by atoms with Crippen molar-refractivity contribution in [3.05, 3.63) is 36.0 Å².